The van der Waals surface area contributed by atoms with Gasteiger partial charge < -0.3 is 10.6 Å². The Morgan fingerprint density at radius 1 is 1.11 bits per heavy atom. The summed E-state index contributed by atoms with van der Waals surface area (Å²) in [5.41, 5.74) is 2.10. The Morgan fingerprint density at radius 2 is 1.79 bits per heavy atom. The Kier molecular flexibility index (Phi) is 4.16. The zero-order valence-electron chi connectivity index (χ0n) is 10.2. The molecule has 0 radical (unpaired) electrons. The van der Waals surface area contributed by atoms with Crippen molar-refractivity contribution in [3.8, 4) is 0 Å². The molecule has 0 bridgehead atoms. The summed E-state index contributed by atoms with van der Waals surface area (Å²) in [6.45, 7) is 1.93. The lowest BCUT2D eigenvalue weighted by Gasteiger charge is -2.09. The molecule has 0 aliphatic carbocycles. The van der Waals surface area contributed by atoms with Gasteiger partial charge in [-0.25, -0.2) is 9.18 Å². The maximum absolute atomic E-state index is 13.0. The standard InChI is InChI=1S/C14H12BrFN2O/c1-9-7-12(5-6-13(9)15)18-14(19)17-11-4-2-3-10(16)8-11/h2-8H,1H3,(H2,17,18,19). The second-order valence-corrected chi connectivity index (χ2v) is 4.91. The van der Waals surface area contributed by atoms with Gasteiger partial charge in [-0.05, 0) is 48.9 Å². The predicted molar refractivity (Wildman–Crippen MR) is 77.9 cm³/mol. The minimum absolute atomic E-state index is 0.391. The van der Waals surface area contributed by atoms with Crippen LogP contribution in [0.15, 0.2) is 46.9 Å². The minimum Gasteiger partial charge on any atom is -0.308 e. The Labute approximate surface area is 119 Å². The summed E-state index contributed by atoms with van der Waals surface area (Å²) < 4.78 is 13.9. The molecule has 0 atom stereocenters. The number of nitrogens with one attached hydrogen (secondary N) is 2. The summed E-state index contributed by atoms with van der Waals surface area (Å²) in [7, 11) is 0. The van der Waals surface area contributed by atoms with Crippen molar-refractivity contribution in [3.63, 3.8) is 0 Å². The molecule has 0 heterocycles. The molecule has 2 aromatic rings. The van der Waals surface area contributed by atoms with Crippen LogP contribution in [0.2, 0.25) is 0 Å². The topological polar surface area (TPSA) is 41.1 Å². The van der Waals surface area contributed by atoms with E-state index in [1.54, 1.807) is 12.1 Å². The van der Waals surface area contributed by atoms with E-state index < -0.39 is 11.8 Å². The molecule has 0 aliphatic heterocycles. The summed E-state index contributed by atoms with van der Waals surface area (Å²) in [5.74, 6) is -0.391. The van der Waals surface area contributed by atoms with Crippen molar-refractivity contribution >= 4 is 33.3 Å². The number of carbonyl (C=O) groups is 1. The van der Waals surface area contributed by atoms with Crippen LogP contribution in [0.1, 0.15) is 5.56 Å². The van der Waals surface area contributed by atoms with Gasteiger partial charge in [-0.1, -0.05) is 22.0 Å². The summed E-state index contributed by atoms with van der Waals surface area (Å²) >= 11 is 3.39. The molecular formula is C14H12BrFN2O. The average molecular weight is 323 g/mol. The molecule has 0 saturated heterocycles. The maximum Gasteiger partial charge on any atom is 0.323 e. The monoisotopic (exact) mass is 322 g/mol. The second-order valence-electron chi connectivity index (χ2n) is 4.05. The lowest BCUT2D eigenvalue weighted by Crippen LogP contribution is -2.19. The first kappa shape index (κ1) is 13.5. The third-order valence-corrected chi connectivity index (χ3v) is 3.39. The Morgan fingerprint density at radius 3 is 2.42 bits per heavy atom. The van der Waals surface area contributed by atoms with Crippen LogP contribution in [0.5, 0.6) is 0 Å². The van der Waals surface area contributed by atoms with Gasteiger partial charge in [0.05, 0.1) is 0 Å². The number of amides is 2. The molecule has 0 saturated carbocycles. The number of halogens is 2. The highest BCUT2D eigenvalue weighted by Crippen LogP contribution is 2.20. The van der Waals surface area contributed by atoms with Crippen molar-refractivity contribution in [2.24, 2.45) is 0 Å². The first-order valence-electron chi connectivity index (χ1n) is 5.64. The molecule has 0 spiro atoms. The third-order valence-electron chi connectivity index (χ3n) is 2.50. The van der Waals surface area contributed by atoms with E-state index in [2.05, 4.69) is 26.6 Å². The summed E-state index contributed by atoms with van der Waals surface area (Å²) in [5, 5.41) is 5.25. The highest BCUT2D eigenvalue weighted by Gasteiger charge is 2.04. The number of urea groups is 1. The molecule has 3 nitrogen and oxygen atoms in total. The lowest BCUT2D eigenvalue weighted by molar-refractivity contribution is 0.262. The second kappa shape index (κ2) is 5.84. The molecular weight excluding hydrogens is 311 g/mol. The van der Waals surface area contributed by atoms with Crippen molar-refractivity contribution in [1.82, 2.24) is 0 Å². The van der Waals surface area contributed by atoms with Crippen LogP contribution in [0, 0.1) is 12.7 Å². The number of rotatable bonds is 2. The van der Waals surface area contributed by atoms with E-state index >= 15 is 0 Å². The van der Waals surface area contributed by atoms with Crippen molar-refractivity contribution in [2.45, 2.75) is 6.92 Å². The Hall–Kier alpha value is -1.88. The van der Waals surface area contributed by atoms with Crippen LogP contribution in [-0.2, 0) is 0 Å². The number of carbonyl (C=O) groups excluding carboxylic acids is 1. The number of anilines is 2. The molecule has 2 aromatic carbocycles. The maximum atomic E-state index is 13.0. The molecule has 0 fully saturated rings. The molecule has 2 amide bonds. The highest BCUT2D eigenvalue weighted by molar-refractivity contribution is 9.10. The Bertz CT molecular complexity index is 616. The van der Waals surface area contributed by atoms with Gasteiger partial charge in [-0.15, -0.1) is 0 Å². The van der Waals surface area contributed by atoms with E-state index in [-0.39, 0.29) is 0 Å². The first-order chi connectivity index (χ1) is 9.04. The molecule has 2 N–H and O–H groups in total. The van der Waals surface area contributed by atoms with E-state index in [0.29, 0.717) is 11.4 Å². The molecule has 5 heteroatoms. The smallest absolute Gasteiger partial charge is 0.308 e. The zero-order chi connectivity index (χ0) is 13.8. The van der Waals surface area contributed by atoms with Gasteiger partial charge in [0.25, 0.3) is 0 Å². The third kappa shape index (κ3) is 3.79. The molecule has 0 aromatic heterocycles. The van der Waals surface area contributed by atoms with Gasteiger partial charge in [0.2, 0.25) is 0 Å². The van der Waals surface area contributed by atoms with Crippen LogP contribution in [-0.4, -0.2) is 6.03 Å². The molecule has 98 valence electrons. The average Bonchev–Trinajstić information content (AvgIpc) is 2.34. The molecule has 2 rings (SSSR count). The molecule has 0 unspecified atom stereocenters. The molecule has 0 aliphatic rings. The minimum atomic E-state index is -0.410. The van der Waals surface area contributed by atoms with Gasteiger partial charge in [0, 0.05) is 15.8 Å². The summed E-state index contributed by atoms with van der Waals surface area (Å²) in [6, 6.07) is 10.8. The SMILES string of the molecule is Cc1cc(NC(=O)Nc2cccc(F)c2)ccc1Br. The van der Waals surface area contributed by atoms with Crippen molar-refractivity contribution in [1.29, 1.82) is 0 Å². The van der Waals surface area contributed by atoms with Crippen LogP contribution < -0.4 is 10.6 Å². The van der Waals surface area contributed by atoms with E-state index in [4.69, 9.17) is 0 Å². The number of benzene rings is 2. The van der Waals surface area contributed by atoms with Crippen molar-refractivity contribution in [2.75, 3.05) is 10.6 Å². The number of hydrogen-bond acceptors (Lipinski definition) is 1. The zero-order valence-corrected chi connectivity index (χ0v) is 11.8. The van der Waals surface area contributed by atoms with E-state index in [1.807, 2.05) is 19.1 Å². The predicted octanol–water partition coefficient (Wildman–Crippen LogP) is 4.54. The Balaban J connectivity index is 2.03. The van der Waals surface area contributed by atoms with Gasteiger partial charge in [0.15, 0.2) is 0 Å². The van der Waals surface area contributed by atoms with Crippen LogP contribution in [0.4, 0.5) is 20.6 Å². The number of hydrogen-bond donors (Lipinski definition) is 2. The number of aryl methyl sites for hydroxylation is 1. The fourth-order valence-electron chi connectivity index (χ4n) is 1.58. The van der Waals surface area contributed by atoms with E-state index in [1.165, 1.54) is 18.2 Å². The summed E-state index contributed by atoms with van der Waals surface area (Å²) in [4.78, 5) is 11.7. The van der Waals surface area contributed by atoms with Crippen LogP contribution in [0.25, 0.3) is 0 Å². The van der Waals surface area contributed by atoms with E-state index in [0.717, 1.165) is 10.0 Å². The summed E-state index contributed by atoms with van der Waals surface area (Å²) in [6.07, 6.45) is 0. The normalized spacial score (nSPS) is 10.1. The van der Waals surface area contributed by atoms with Gasteiger partial charge >= 0.3 is 6.03 Å². The van der Waals surface area contributed by atoms with Crippen LogP contribution in [0.3, 0.4) is 0 Å². The fourth-order valence-corrected chi connectivity index (χ4v) is 1.83. The van der Waals surface area contributed by atoms with Crippen LogP contribution >= 0.6 is 15.9 Å². The quantitative estimate of drug-likeness (QED) is 0.837. The van der Waals surface area contributed by atoms with E-state index in [9.17, 15) is 9.18 Å². The van der Waals surface area contributed by atoms with Gasteiger partial charge in [-0.2, -0.15) is 0 Å². The molecule has 19 heavy (non-hydrogen) atoms. The van der Waals surface area contributed by atoms with Gasteiger partial charge in [-0.3, -0.25) is 0 Å². The fraction of sp³-hybridized carbons (Fsp3) is 0.0714. The van der Waals surface area contributed by atoms with Crippen molar-refractivity contribution < 1.29 is 9.18 Å². The van der Waals surface area contributed by atoms with Gasteiger partial charge in [0.1, 0.15) is 5.82 Å². The highest BCUT2D eigenvalue weighted by atomic mass is 79.9. The van der Waals surface area contributed by atoms with Crippen molar-refractivity contribution in [3.05, 3.63) is 58.3 Å². The first-order valence-corrected chi connectivity index (χ1v) is 6.43. The lowest BCUT2D eigenvalue weighted by atomic mass is 10.2. The largest absolute Gasteiger partial charge is 0.323 e.